The minimum atomic E-state index is 0. The van der Waals surface area contributed by atoms with Gasteiger partial charge in [-0.1, -0.05) is 0 Å². The van der Waals surface area contributed by atoms with Crippen LogP contribution in [-0.2, 0) is 0 Å². The molecule has 0 bridgehead atoms. The summed E-state index contributed by atoms with van der Waals surface area (Å²) >= 11 is 0. The summed E-state index contributed by atoms with van der Waals surface area (Å²) < 4.78 is 0. The summed E-state index contributed by atoms with van der Waals surface area (Å²) in [6, 6.07) is 0. The van der Waals surface area contributed by atoms with Crippen molar-refractivity contribution in [1.82, 2.24) is 0 Å². The predicted molar refractivity (Wildman–Crippen MR) is 114 cm³/mol. The average molecular weight is 1780 g/mol. The van der Waals surface area contributed by atoms with Crippen LogP contribution in [0.5, 0.6) is 0 Å². The van der Waals surface area contributed by atoms with Crippen LogP contribution in [0.3, 0.4) is 0 Å². The first-order valence-corrected chi connectivity index (χ1v) is 0. The molecule has 0 saturated carbocycles. The topological polar surface area (TPSA) is 1520 Å². The maximum atomic E-state index is 0. The smallest absolute Gasteiger partial charge is 0.870 e. The summed E-state index contributed by atoms with van der Waals surface area (Å²) in [5.74, 6) is 0. The van der Waals surface area contributed by atoms with Crippen molar-refractivity contribution in [2.24, 2.45) is 0 Å². The fourth-order valence-electron chi connectivity index (χ4n) is 0. The molecule has 90 heavy (non-hydrogen) atoms. The first-order valence-electron chi connectivity index (χ1n) is 0. The third kappa shape index (κ3) is 1360. The molecule has 0 saturated heterocycles. The molecule has 0 heterocycles. The second-order valence-corrected chi connectivity index (χ2v) is 0. The largest absolute Gasteiger partial charge is 1.00 e. The van der Waals surface area contributed by atoms with Crippen LogP contribution in [-0.4, -0.2) is 274 Å². The first-order chi connectivity index (χ1) is 0. The van der Waals surface area contributed by atoms with Crippen LogP contribution in [0.1, 0.15) is 0 Å². The van der Waals surface area contributed by atoms with E-state index >= 15 is 0 Å². The van der Waals surface area contributed by atoms with Crippen molar-refractivity contribution in [3.8, 4) is 0 Å². The molecule has 0 rings (SSSR count). The third-order valence-corrected chi connectivity index (χ3v) is 0. The fraction of sp³-hybridized carbons (Fsp3) is 0. The molecule has 400 valence electrons. The Morgan fingerprint density at radius 1 is 0.0333 bits per heavy atom. The molecule has 0 atom stereocenters. The van der Waals surface area contributed by atoms with Gasteiger partial charge >= 0.3 is 1180 Å². The molecular formula is H60Na40O50. The van der Waals surface area contributed by atoms with Gasteiger partial charge in [0.05, 0.1) is 0 Å². The number of rotatable bonds is 0. The molecule has 0 fully saturated rings. The van der Waals surface area contributed by atoms with E-state index in [0.717, 1.165) is 0 Å². The molecule has 50 nitrogen and oxygen atoms in total. The van der Waals surface area contributed by atoms with Gasteiger partial charge in [0.25, 0.3) is 0 Å². The van der Waals surface area contributed by atoms with E-state index in [1.165, 1.54) is 0 Å². The van der Waals surface area contributed by atoms with Crippen molar-refractivity contribution in [2.75, 3.05) is 0 Å². The second-order valence-electron chi connectivity index (χ2n) is 0. The van der Waals surface area contributed by atoms with Gasteiger partial charge in [0.2, 0.25) is 0 Å². The van der Waals surface area contributed by atoms with Crippen LogP contribution in [0.4, 0.5) is 0 Å². The zero-order chi connectivity index (χ0) is 0. The van der Waals surface area contributed by atoms with Crippen LogP contribution in [0.25, 0.3) is 0 Å². The summed E-state index contributed by atoms with van der Waals surface area (Å²) in [7, 11) is 0. The maximum Gasteiger partial charge on any atom is 1.00 e. The average Bonchev–Trinajstić information content (AvgIpc) is 0. The molecule has 0 amide bonds. The van der Waals surface area contributed by atoms with Gasteiger partial charge in [-0.2, -0.15) is 0 Å². The Bertz CT molecular complexity index is 89.2. The molecule has 90 heteroatoms. The van der Waals surface area contributed by atoms with Crippen molar-refractivity contribution in [1.29, 1.82) is 0 Å². The van der Waals surface area contributed by atoms with Crippen LogP contribution in [0, 0.1) is 0 Å². The van der Waals surface area contributed by atoms with Crippen LogP contribution >= 0.6 is 0 Å². The Balaban J connectivity index is 0. The normalized spacial score (nSPS) is 0. The minimum Gasteiger partial charge on any atom is -0.870 e. The van der Waals surface area contributed by atoms with Gasteiger partial charge in [0, 0.05) is 0 Å². The van der Waals surface area contributed by atoms with E-state index in [0.29, 0.717) is 0 Å². The van der Waals surface area contributed by atoms with Crippen LogP contribution in [0.2, 0.25) is 0 Å². The summed E-state index contributed by atoms with van der Waals surface area (Å²) in [5.41, 5.74) is 0. The molecule has 0 aliphatic carbocycles. The molecule has 0 aliphatic heterocycles. The number of hydrogen-bond acceptors (Lipinski definition) is 40. The molecule has 0 radical (unpaired) electrons. The monoisotopic (exact) mass is 1780 g/mol. The SMILES string of the molecule is O.O.O.O.O.O.O.O.O.O.[Na+].[Na+].[Na+].[Na+].[Na+].[Na+].[Na+].[Na+].[Na+].[Na+].[Na+].[Na+].[Na+].[Na+].[Na+].[Na+].[Na+].[Na+].[Na+].[Na+].[Na+].[Na+].[Na+].[Na+].[Na+].[Na+].[Na+].[Na+].[Na+].[Na+].[Na+].[Na+].[Na+].[Na+].[Na+].[Na+].[Na+].[Na+].[Na+].[Na+].[OH-].[OH-].[OH-].[OH-].[OH-].[OH-].[OH-].[OH-].[OH-].[OH-].[OH-].[OH-].[OH-].[OH-].[OH-].[OH-].[OH-].[OH-].[OH-].[OH-].[OH-].[OH-].[OH-].[OH-].[OH-].[OH-].[OH-].[OH-].[OH-].[OH-].[OH-].[OH-].[OH-].[OH-].[OH-].[OH-].[OH-].[OH-].[OH-].[OH-]. The van der Waals surface area contributed by atoms with Crippen molar-refractivity contribution in [2.45, 2.75) is 0 Å². The van der Waals surface area contributed by atoms with Gasteiger partial charge < -0.3 is 274 Å². The molecule has 0 spiro atoms. The van der Waals surface area contributed by atoms with E-state index in [1.54, 1.807) is 0 Å². The Morgan fingerprint density at radius 3 is 0.0333 bits per heavy atom. The zero-order valence-electron chi connectivity index (χ0n) is 62.9. The zero-order valence-corrected chi connectivity index (χ0v) is 143. The van der Waals surface area contributed by atoms with Crippen LogP contribution in [0.15, 0.2) is 0 Å². The molecule has 0 aromatic rings. The molecule has 0 unspecified atom stereocenters. The van der Waals surface area contributed by atoms with Gasteiger partial charge in [-0.15, -0.1) is 0 Å². The summed E-state index contributed by atoms with van der Waals surface area (Å²) in [6.45, 7) is 0. The third-order valence-electron chi connectivity index (χ3n) is 0. The standard InChI is InChI=1S/40Na.50H2O/h;;;;;;;;;;;;;;;;;;;;;;;;;;;;;;;;;;;;;;;;50*1H2/q40*+1;;;;;;;;;;;;;;;;;;;;;;;;;;;;;;;;;;;;;;;;;;;;;;;;;;/p-40. The molecule has 0 aromatic heterocycles. The van der Waals surface area contributed by atoms with Crippen molar-refractivity contribution in [3.05, 3.63) is 0 Å². The van der Waals surface area contributed by atoms with Gasteiger partial charge in [-0.25, -0.2) is 0 Å². The molecule has 0 aliphatic rings. The Hall–Kier alpha value is 38.0. The molecule has 60 N–H and O–H groups in total. The van der Waals surface area contributed by atoms with E-state index in [2.05, 4.69) is 0 Å². The van der Waals surface area contributed by atoms with E-state index in [1.807, 2.05) is 0 Å². The maximum absolute atomic E-state index is 0. The Kier molecular flexibility index (Phi) is 22200. The van der Waals surface area contributed by atoms with Crippen molar-refractivity contribution >= 4 is 0 Å². The van der Waals surface area contributed by atoms with Crippen molar-refractivity contribution < 1.29 is 1460 Å². The van der Waals surface area contributed by atoms with Gasteiger partial charge in [-0.05, 0) is 0 Å². The van der Waals surface area contributed by atoms with E-state index in [4.69, 9.17) is 0 Å². The summed E-state index contributed by atoms with van der Waals surface area (Å²) in [5, 5.41) is 0. The summed E-state index contributed by atoms with van der Waals surface area (Å²) in [4.78, 5) is 0. The Morgan fingerprint density at radius 2 is 0.0333 bits per heavy atom. The van der Waals surface area contributed by atoms with E-state index < -0.39 is 0 Å². The summed E-state index contributed by atoms with van der Waals surface area (Å²) in [6.07, 6.45) is 0. The minimum absolute atomic E-state index is 0. The van der Waals surface area contributed by atoms with E-state index in [-0.39, 0.29) is 1460 Å². The Labute approximate surface area is 1410 Å². The molecule has 0 aromatic carbocycles. The quantitative estimate of drug-likeness (QED) is 0.203. The second kappa shape index (κ2) is 1400. The van der Waals surface area contributed by atoms with Gasteiger partial charge in [0.15, 0.2) is 0 Å². The predicted octanol–water partition coefficient (Wildman–Crippen LogP) is -135. The molecular weight excluding hydrogens is 1720 g/mol. The van der Waals surface area contributed by atoms with Gasteiger partial charge in [-0.3, -0.25) is 0 Å². The van der Waals surface area contributed by atoms with Gasteiger partial charge in [0.1, 0.15) is 0 Å². The van der Waals surface area contributed by atoms with Crippen molar-refractivity contribution in [3.63, 3.8) is 0 Å². The van der Waals surface area contributed by atoms with E-state index in [9.17, 15) is 0 Å². The fourth-order valence-corrected chi connectivity index (χ4v) is 0. The van der Waals surface area contributed by atoms with Crippen LogP contribution < -0.4 is 1180 Å². The first kappa shape index (κ1) is 1430. The number of hydrogen-bond donors (Lipinski definition) is 0.